The number of aliphatic carboxylic acids is 1. The van der Waals surface area contributed by atoms with Crippen molar-refractivity contribution in [3.8, 4) is 11.5 Å². The Labute approximate surface area is 130 Å². The molecule has 1 heterocycles. The first-order valence-electron chi connectivity index (χ1n) is 6.43. The smallest absolute Gasteiger partial charge is 0.416 e. The normalized spacial score (nSPS) is 12.4. The monoisotopic (exact) mass is 353 g/mol. The van der Waals surface area contributed by atoms with Crippen molar-refractivity contribution in [3.63, 3.8) is 0 Å². The van der Waals surface area contributed by atoms with E-state index >= 15 is 0 Å². The fourth-order valence-electron chi connectivity index (χ4n) is 1.87. The van der Waals surface area contributed by atoms with Crippen molar-refractivity contribution in [2.75, 3.05) is 0 Å². The molecule has 0 amide bonds. The van der Waals surface area contributed by atoms with E-state index in [0.717, 1.165) is 6.20 Å². The van der Waals surface area contributed by atoms with E-state index in [1.54, 1.807) is 0 Å². The van der Waals surface area contributed by atoms with E-state index in [9.17, 15) is 31.1 Å². The molecule has 0 saturated carbocycles. The summed E-state index contributed by atoms with van der Waals surface area (Å²) in [7, 11) is 0. The second kappa shape index (κ2) is 6.17. The zero-order valence-electron chi connectivity index (χ0n) is 11.7. The molecule has 0 spiro atoms. The van der Waals surface area contributed by atoms with Gasteiger partial charge in [-0.2, -0.15) is 26.3 Å². The Balaban J connectivity index is 2.44. The molecule has 0 aliphatic heterocycles. The first kappa shape index (κ1) is 17.8. The van der Waals surface area contributed by atoms with Gasteiger partial charge in [0.25, 0.3) is 0 Å². The third-order valence-electron chi connectivity index (χ3n) is 2.97. The molecule has 0 atom stereocenters. The molecule has 130 valence electrons. The van der Waals surface area contributed by atoms with Gasteiger partial charge in [-0.25, -0.2) is 4.98 Å². The molecule has 0 saturated heterocycles. The summed E-state index contributed by atoms with van der Waals surface area (Å²) in [5, 5.41) is 8.54. The van der Waals surface area contributed by atoms with Gasteiger partial charge in [-0.1, -0.05) is 0 Å². The Hall–Kier alpha value is -2.52. The largest absolute Gasteiger partial charge is 0.481 e. The lowest BCUT2D eigenvalue weighted by Gasteiger charge is -2.13. The highest BCUT2D eigenvalue weighted by molar-refractivity contribution is 5.67. The minimum absolute atomic E-state index is 0.00220. The molecule has 0 unspecified atom stereocenters. The van der Waals surface area contributed by atoms with Crippen LogP contribution >= 0.6 is 0 Å². The number of nitrogens with zero attached hydrogens (tertiary/aromatic N) is 1. The Morgan fingerprint density at radius 2 is 1.58 bits per heavy atom. The Morgan fingerprint density at radius 1 is 1.04 bits per heavy atom. The van der Waals surface area contributed by atoms with Crippen LogP contribution in [0.25, 0.3) is 11.5 Å². The number of hydrogen-bond donors (Lipinski definition) is 1. The molecule has 0 aliphatic rings. The summed E-state index contributed by atoms with van der Waals surface area (Å²) < 4.78 is 81.7. The molecule has 1 aromatic carbocycles. The van der Waals surface area contributed by atoms with E-state index in [1.165, 1.54) is 0 Å². The summed E-state index contributed by atoms with van der Waals surface area (Å²) in [6, 6.07) is 0.974. The van der Waals surface area contributed by atoms with E-state index < -0.39 is 40.9 Å². The predicted molar refractivity (Wildman–Crippen MR) is 67.9 cm³/mol. The van der Waals surface area contributed by atoms with Crippen LogP contribution in [0.3, 0.4) is 0 Å². The summed E-state index contributed by atoms with van der Waals surface area (Å²) in [4.78, 5) is 14.1. The second-order valence-corrected chi connectivity index (χ2v) is 4.82. The molecular weight excluding hydrogens is 344 g/mol. The Kier molecular flexibility index (Phi) is 4.59. The number of rotatable bonds is 4. The van der Waals surface area contributed by atoms with Gasteiger partial charge in [0.15, 0.2) is 0 Å². The van der Waals surface area contributed by atoms with Gasteiger partial charge in [-0.05, 0) is 18.2 Å². The minimum Gasteiger partial charge on any atom is -0.481 e. The van der Waals surface area contributed by atoms with Crippen LogP contribution in [0.4, 0.5) is 26.3 Å². The SMILES string of the molecule is O=C(O)CCc1cnc(-c2cc(C(F)(F)F)cc(C(F)(F)F)c2)o1. The number of carboxylic acid groups (broad SMARTS) is 1. The summed E-state index contributed by atoms with van der Waals surface area (Å²) in [5.41, 5.74) is -3.48. The van der Waals surface area contributed by atoms with Crippen molar-refractivity contribution in [3.05, 3.63) is 41.3 Å². The van der Waals surface area contributed by atoms with Crippen molar-refractivity contribution in [1.82, 2.24) is 4.98 Å². The standard InChI is InChI=1S/C14H9F6NO3/c15-13(16,17)8-3-7(4-9(5-8)14(18,19)20)12-21-6-10(24-12)1-2-11(22)23/h3-6H,1-2H2,(H,22,23). The van der Waals surface area contributed by atoms with E-state index in [0.29, 0.717) is 12.1 Å². The third kappa shape index (κ3) is 4.27. The Morgan fingerprint density at radius 3 is 2.04 bits per heavy atom. The van der Waals surface area contributed by atoms with Gasteiger partial charge in [0.05, 0.1) is 23.7 Å². The van der Waals surface area contributed by atoms with E-state index in [4.69, 9.17) is 9.52 Å². The number of aromatic nitrogens is 1. The van der Waals surface area contributed by atoms with Crippen LogP contribution < -0.4 is 0 Å². The predicted octanol–water partition coefficient (Wildman–Crippen LogP) is 4.40. The molecule has 2 aromatic rings. The molecule has 0 bridgehead atoms. The molecule has 10 heteroatoms. The van der Waals surface area contributed by atoms with Gasteiger partial charge in [0.2, 0.25) is 5.89 Å². The van der Waals surface area contributed by atoms with Crippen molar-refractivity contribution in [2.45, 2.75) is 25.2 Å². The molecule has 2 rings (SSSR count). The van der Waals surface area contributed by atoms with Crippen molar-refractivity contribution < 1.29 is 40.7 Å². The molecule has 4 nitrogen and oxygen atoms in total. The van der Waals surface area contributed by atoms with Gasteiger partial charge in [-0.15, -0.1) is 0 Å². The van der Waals surface area contributed by atoms with Gasteiger partial charge in [0, 0.05) is 12.0 Å². The molecular formula is C14H9F6NO3. The number of hydrogen-bond acceptors (Lipinski definition) is 3. The highest BCUT2D eigenvalue weighted by Crippen LogP contribution is 2.38. The number of oxazole rings is 1. The van der Waals surface area contributed by atoms with Crippen LogP contribution in [0.5, 0.6) is 0 Å². The van der Waals surface area contributed by atoms with Gasteiger partial charge < -0.3 is 9.52 Å². The summed E-state index contributed by atoms with van der Waals surface area (Å²) in [6.07, 6.45) is -9.30. The zero-order chi connectivity index (χ0) is 18.1. The maximum Gasteiger partial charge on any atom is 0.416 e. The summed E-state index contributed by atoms with van der Waals surface area (Å²) >= 11 is 0. The number of carbonyl (C=O) groups is 1. The molecule has 24 heavy (non-hydrogen) atoms. The van der Waals surface area contributed by atoms with E-state index in [1.807, 2.05) is 0 Å². The van der Waals surface area contributed by atoms with Gasteiger partial charge in [0.1, 0.15) is 5.76 Å². The molecule has 0 radical (unpaired) electrons. The van der Waals surface area contributed by atoms with Crippen LogP contribution in [0.2, 0.25) is 0 Å². The van der Waals surface area contributed by atoms with Gasteiger partial charge in [-0.3, -0.25) is 4.79 Å². The van der Waals surface area contributed by atoms with Crippen molar-refractivity contribution >= 4 is 5.97 Å². The maximum absolute atomic E-state index is 12.8. The van der Waals surface area contributed by atoms with E-state index in [2.05, 4.69) is 4.98 Å². The molecule has 1 aromatic heterocycles. The molecule has 1 N–H and O–H groups in total. The van der Waals surface area contributed by atoms with E-state index in [-0.39, 0.29) is 24.7 Å². The average molecular weight is 353 g/mol. The number of alkyl halides is 6. The number of aryl methyl sites for hydroxylation is 1. The fourth-order valence-corrected chi connectivity index (χ4v) is 1.87. The topological polar surface area (TPSA) is 63.3 Å². The van der Waals surface area contributed by atoms with Crippen LogP contribution in [0.1, 0.15) is 23.3 Å². The quantitative estimate of drug-likeness (QED) is 0.828. The van der Waals surface area contributed by atoms with Crippen molar-refractivity contribution in [2.24, 2.45) is 0 Å². The summed E-state index contributed by atoms with van der Waals surface area (Å²) in [5.74, 6) is -1.54. The zero-order valence-corrected chi connectivity index (χ0v) is 11.7. The number of benzene rings is 1. The number of halogens is 6. The van der Waals surface area contributed by atoms with Crippen molar-refractivity contribution in [1.29, 1.82) is 0 Å². The molecule has 0 aliphatic carbocycles. The lowest BCUT2D eigenvalue weighted by atomic mass is 10.0. The second-order valence-electron chi connectivity index (χ2n) is 4.82. The average Bonchev–Trinajstić information content (AvgIpc) is 2.91. The lowest BCUT2D eigenvalue weighted by Crippen LogP contribution is -2.11. The minimum atomic E-state index is -4.98. The highest BCUT2D eigenvalue weighted by atomic mass is 19.4. The summed E-state index contributed by atoms with van der Waals surface area (Å²) in [6.45, 7) is 0. The third-order valence-corrected chi connectivity index (χ3v) is 2.97. The molecule has 0 fully saturated rings. The van der Waals surface area contributed by atoms with Crippen LogP contribution in [-0.2, 0) is 23.6 Å². The fraction of sp³-hybridized carbons (Fsp3) is 0.286. The Bertz CT molecular complexity index is 715. The first-order valence-corrected chi connectivity index (χ1v) is 6.43. The lowest BCUT2D eigenvalue weighted by molar-refractivity contribution is -0.143. The highest BCUT2D eigenvalue weighted by Gasteiger charge is 2.37. The van der Waals surface area contributed by atoms with Gasteiger partial charge >= 0.3 is 18.3 Å². The van der Waals surface area contributed by atoms with Crippen LogP contribution in [0.15, 0.2) is 28.8 Å². The number of carboxylic acids is 1. The first-order chi connectivity index (χ1) is 11.0. The maximum atomic E-state index is 12.8. The van der Waals surface area contributed by atoms with Crippen LogP contribution in [0, 0.1) is 0 Å². The van der Waals surface area contributed by atoms with Crippen LogP contribution in [-0.4, -0.2) is 16.1 Å².